The van der Waals surface area contributed by atoms with Crippen LogP contribution in [0.4, 0.5) is 10.5 Å². The van der Waals surface area contributed by atoms with Gasteiger partial charge >= 0.3 is 6.09 Å². The van der Waals surface area contributed by atoms with Gasteiger partial charge in [0.2, 0.25) is 5.91 Å². The van der Waals surface area contributed by atoms with Gasteiger partial charge in [-0.1, -0.05) is 55.0 Å². The minimum absolute atomic E-state index is 0.133. The van der Waals surface area contributed by atoms with Gasteiger partial charge < -0.3 is 21.1 Å². The van der Waals surface area contributed by atoms with Crippen LogP contribution >= 0.6 is 0 Å². The van der Waals surface area contributed by atoms with E-state index in [1.54, 1.807) is 51.1 Å². The quantitative estimate of drug-likeness (QED) is 0.354. The second kappa shape index (κ2) is 12.6. The van der Waals surface area contributed by atoms with Crippen molar-refractivity contribution in [3.05, 3.63) is 65.2 Å². The van der Waals surface area contributed by atoms with Crippen molar-refractivity contribution in [2.75, 3.05) is 5.32 Å². The number of primary amides is 1. The van der Waals surface area contributed by atoms with E-state index in [1.807, 2.05) is 32.0 Å². The fourth-order valence-corrected chi connectivity index (χ4v) is 3.68. The lowest BCUT2D eigenvalue weighted by Crippen LogP contribution is -2.51. The predicted octanol–water partition coefficient (Wildman–Crippen LogP) is 3.56. The molecule has 2 atom stereocenters. The molecule has 0 heterocycles. The molecule has 0 spiro atoms. The summed E-state index contributed by atoms with van der Waals surface area (Å²) in [5, 5.41) is 5.36. The van der Waals surface area contributed by atoms with Crippen LogP contribution in [0.3, 0.4) is 0 Å². The van der Waals surface area contributed by atoms with Crippen LogP contribution in [-0.2, 0) is 19.1 Å². The number of alkyl carbamates (subject to hydrolysis) is 1. The van der Waals surface area contributed by atoms with E-state index in [0.717, 1.165) is 16.0 Å². The summed E-state index contributed by atoms with van der Waals surface area (Å²) in [5.74, 6) is -1.97. The van der Waals surface area contributed by atoms with E-state index in [2.05, 4.69) is 16.7 Å². The maximum Gasteiger partial charge on any atom is 0.408 e. The molecular weight excluding hydrogens is 472 g/mol. The van der Waals surface area contributed by atoms with Gasteiger partial charge in [-0.25, -0.2) is 4.79 Å². The highest BCUT2D eigenvalue weighted by Crippen LogP contribution is 2.26. The van der Waals surface area contributed by atoms with Crippen LogP contribution in [0.2, 0.25) is 0 Å². The summed E-state index contributed by atoms with van der Waals surface area (Å²) in [6.45, 7) is 8.72. The van der Waals surface area contributed by atoms with Gasteiger partial charge in [-0.2, -0.15) is 0 Å². The minimum Gasteiger partial charge on any atom is -0.444 e. The molecule has 37 heavy (non-hydrogen) atoms. The number of benzene rings is 2. The molecule has 2 aromatic rings. The first-order chi connectivity index (χ1) is 17.3. The molecular formula is C28H34N4O5. The number of hydrogen-bond donors (Lipinski definition) is 3. The summed E-state index contributed by atoms with van der Waals surface area (Å²) in [7, 11) is 0. The Hall–Kier alpha value is -4.32. The molecule has 9 nitrogen and oxygen atoms in total. The molecule has 4 N–H and O–H groups in total. The van der Waals surface area contributed by atoms with Gasteiger partial charge in [-0.3, -0.25) is 19.3 Å². The maximum absolute atomic E-state index is 13.7. The number of rotatable bonds is 9. The van der Waals surface area contributed by atoms with E-state index in [4.69, 9.17) is 16.9 Å². The summed E-state index contributed by atoms with van der Waals surface area (Å²) in [6.07, 6.45) is 4.56. The lowest BCUT2D eigenvalue weighted by atomic mass is 10.0. The number of carbonyl (C=O) groups excluding carboxylic acids is 4. The number of ether oxygens (including phenoxy) is 1. The smallest absolute Gasteiger partial charge is 0.408 e. The van der Waals surface area contributed by atoms with Gasteiger partial charge in [-0.05, 0) is 57.7 Å². The van der Waals surface area contributed by atoms with Crippen molar-refractivity contribution in [3.63, 3.8) is 0 Å². The Morgan fingerprint density at radius 3 is 2.14 bits per heavy atom. The zero-order chi connectivity index (χ0) is 27.8. The van der Waals surface area contributed by atoms with Crippen LogP contribution in [0.1, 0.15) is 56.3 Å². The molecule has 0 aliphatic heterocycles. The number of nitrogens with zero attached hydrogens (tertiary/aromatic N) is 1. The SMILES string of the molecule is C#CN(C(=O)C(CCC(N)=O)NC(=O)OC(C)(C)C)C(C(=O)Nc1c(C)cccc1C)c1ccccc1. The van der Waals surface area contributed by atoms with Crippen molar-refractivity contribution in [2.45, 2.75) is 65.1 Å². The number of nitrogens with two attached hydrogens (primary N) is 1. The number of terminal acetylenes is 1. The molecule has 0 aromatic heterocycles. The second-order valence-electron chi connectivity index (χ2n) is 9.61. The third-order valence-electron chi connectivity index (χ3n) is 5.40. The van der Waals surface area contributed by atoms with Crippen molar-refractivity contribution in [2.24, 2.45) is 5.73 Å². The van der Waals surface area contributed by atoms with E-state index in [-0.39, 0.29) is 12.8 Å². The van der Waals surface area contributed by atoms with Crippen LogP contribution in [0.15, 0.2) is 48.5 Å². The van der Waals surface area contributed by atoms with Crippen LogP contribution in [0.5, 0.6) is 0 Å². The summed E-state index contributed by atoms with van der Waals surface area (Å²) < 4.78 is 5.27. The van der Waals surface area contributed by atoms with E-state index in [0.29, 0.717) is 11.3 Å². The number of aryl methyl sites for hydroxylation is 2. The Morgan fingerprint density at radius 2 is 1.62 bits per heavy atom. The van der Waals surface area contributed by atoms with Crippen LogP contribution in [0.25, 0.3) is 0 Å². The highest BCUT2D eigenvalue weighted by atomic mass is 16.6. The van der Waals surface area contributed by atoms with Gasteiger partial charge in [0.05, 0.1) is 0 Å². The van der Waals surface area contributed by atoms with E-state index >= 15 is 0 Å². The molecule has 0 aliphatic carbocycles. The number of carbonyl (C=O) groups is 4. The Balaban J connectivity index is 2.46. The highest BCUT2D eigenvalue weighted by molar-refractivity contribution is 6.00. The summed E-state index contributed by atoms with van der Waals surface area (Å²) >= 11 is 0. The highest BCUT2D eigenvalue weighted by Gasteiger charge is 2.36. The van der Waals surface area contributed by atoms with E-state index in [9.17, 15) is 19.2 Å². The van der Waals surface area contributed by atoms with Crippen LogP contribution in [0, 0.1) is 26.3 Å². The monoisotopic (exact) mass is 506 g/mol. The summed E-state index contributed by atoms with van der Waals surface area (Å²) in [6, 6.07) is 13.9. The normalized spacial score (nSPS) is 12.4. The van der Waals surface area contributed by atoms with Gasteiger partial charge in [0.1, 0.15) is 17.7 Å². The summed E-state index contributed by atoms with van der Waals surface area (Å²) in [5.41, 5.74) is 7.20. The molecule has 196 valence electrons. The molecule has 0 bridgehead atoms. The molecule has 0 fully saturated rings. The Morgan fingerprint density at radius 1 is 1.03 bits per heavy atom. The average Bonchev–Trinajstić information content (AvgIpc) is 2.81. The van der Waals surface area contributed by atoms with Crippen LogP contribution < -0.4 is 16.4 Å². The Bertz CT molecular complexity index is 1160. The lowest BCUT2D eigenvalue weighted by molar-refractivity contribution is -0.137. The van der Waals surface area contributed by atoms with Crippen molar-refractivity contribution in [1.29, 1.82) is 0 Å². The Labute approximate surface area is 217 Å². The zero-order valence-corrected chi connectivity index (χ0v) is 21.8. The number of anilines is 1. The standard InChI is InChI=1S/C28H34N4O5/c1-7-32(26(35)21(16-17-22(29)33)30-27(36)37-28(4,5)6)24(20-14-9-8-10-15-20)25(34)31-23-18(2)12-11-13-19(23)3/h1,8-15,21,24H,16-17H2,2-6H3,(H2,29,33)(H,30,36)(H,31,34). The first-order valence-corrected chi connectivity index (χ1v) is 11.8. The molecule has 9 heteroatoms. The molecule has 0 saturated heterocycles. The van der Waals surface area contributed by atoms with Crippen molar-refractivity contribution >= 4 is 29.5 Å². The molecule has 4 amide bonds. The first kappa shape index (κ1) is 28.9. The molecule has 0 saturated carbocycles. The van der Waals surface area contributed by atoms with E-state index in [1.165, 1.54) is 0 Å². The van der Waals surface area contributed by atoms with Gasteiger partial charge in [-0.15, -0.1) is 0 Å². The predicted molar refractivity (Wildman–Crippen MR) is 141 cm³/mol. The minimum atomic E-state index is -1.27. The fraction of sp³-hybridized carbons (Fsp3) is 0.357. The number of para-hydroxylation sites is 1. The van der Waals surface area contributed by atoms with Gasteiger partial charge in [0.25, 0.3) is 11.8 Å². The molecule has 2 unspecified atom stereocenters. The Kier molecular flexibility index (Phi) is 9.83. The molecule has 0 aliphatic rings. The second-order valence-corrected chi connectivity index (χ2v) is 9.61. The fourth-order valence-electron chi connectivity index (χ4n) is 3.68. The average molecular weight is 507 g/mol. The van der Waals surface area contributed by atoms with E-state index < -0.39 is 41.5 Å². The zero-order valence-electron chi connectivity index (χ0n) is 21.8. The first-order valence-electron chi connectivity index (χ1n) is 11.8. The number of nitrogens with one attached hydrogen (secondary N) is 2. The van der Waals surface area contributed by atoms with Gasteiger partial charge in [0, 0.05) is 18.2 Å². The molecule has 0 radical (unpaired) electrons. The van der Waals surface area contributed by atoms with Crippen molar-refractivity contribution in [3.8, 4) is 12.5 Å². The largest absolute Gasteiger partial charge is 0.444 e. The number of hydrogen-bond acceptors (Lipinski definition) is 5. The maximum atomic E-state index is 13.7. The van der Waals surface area contributed by atoms with Crippen molar-refractivity contribution < 1.29 is 23.9 Å². The molecule has 2 aromatic carbocycles. The summed E-state index contributed by atoms with van der Waals surface area (Å²) in [4.78, 5) is 52.2. The molecule has 2 rings (SSSR count). The van der Waals surface area contributed by atoms with Crippen LogP contribution in [-0.4, -0.2) is 40.4 Å². The lowest BCUT2D eigenvalue weighted by Gasteiger charge is -2.30. The topological polar surface area (TPSA) is 131 Å². The van der Waals surface area contributed by atoms with Gasteiger partial charge in [0.15, 0.2) is 0 Å². The third kappa shape index (κ3) is 8.39. The van der Waals surface area contributed by atoms with Crippen molar-refractivity contribution in [1.82, 2.24) is 10.2 Å². The number of amides is 4. The third-order valence-corrected chi connectivity index (χ3v) is 5.40.